The SMILES string of the molecule is CCc1nn(C)c(OC)c1CNC(C)C. The van der Waals surface area contributed by atoms with Gasteiger partial charge in [0.2, 0.25) is 5.88 Å². The lowest BCUT2D eigenvalue weighted by Crippen LogP contribution is -2.22. The number of aromatic nitrogens is 2. The predicted octanol–water partition coefficient (Wildman–Crippen LogP) is 1.49. The smallest absolute Gasteiger partial charge is 0.216 e. The summed E-state index contributed by atoms with van der Waals surface area (Å²) in [6, 6.07) is 0.472. The molecule has 0 saturated carbocycles. The molecule has 0 bridgehead atoms. The highest BCUT2D eigenvalue weighted by molar-refractivity contribution is 5.31. The number of nitrogens with one attached hydrogen (secondary N) is 1. The fourth-order valence-corrected chi connectivity index (χ4v) is 1.63. The van der Waals surface area contributed by atoms with Crippen LogP contribution in [0.15, 0.2) is 0 Å². The topological polar surface area (TPSA) is 39.1 Å². The summed E-state index contributed by atoms with van der Waals surface area (Å²) in [6.45, 7) is 7.20. The van der Waals surface area contributed by atoms with Crippen LogP contribution in [0.25, 0.3) is 0 Å². The lowest BCUT2D eigenvalue weighted by Gasteiger charge is -2.09. The monoisotopic (exact) mass is 211 g/mol. The third-order valence-corrected chi connectivity index (χ3v) is 2.39. The molecule has 0 aliphatic rings. The number of nitrogens with zero attached hydrogens (tertiary/aromatic N) is 2. The molecule has 1 rings (SSSR count). The van der Waals surface area contributed by atoms with E-state index in [1.165, 1.54) is 5.56 Å². The Balaban J connectivity index is 2.91. The second-order valence-corrected chi connectivity index (χ2v) is 3.95. The van der Waals surface area contributed by atoms with Crippen molar-refractivity contribution >= 4 is 0 Å². The molecular weight excluding hydrogens is 190 g/mol. The summed E-state index contributed by atoms with van der Waals surface area (Å²) in [4.78, 5) is 0. The molecule has 4 heteroatoms. The Labute approximate surface area is 91.6 Å². The first kappa shape index (κ1) is 12.0. The zero-order chi connectivity index (χ0) is 11.4. The predicted molar refractivity (Wildman–Crippen MR) is 61.1 cm³/mol. The lowest BCUT2D eigenvalue weighted by molar-refractivity contribution is 0.367. The Morgan fingerprint density at radius 1 is 1.47 bits per heavy atom. The minimum absolute atomic E-state index is 0.472. The molecule has 0 fully saturated rings. The molecule has 15 heavy (non-hydrogen) atoms. The summed E-state index contributed by atoms with van der Waals surface area (Å²) in [7, 11) is 3.60. The number of rotatable bonds is 5. The summed E-state index contributed by atoms with van der Waals surface area (Å²) in [5.74, 6) is 0.861. The van der Waals surface area contributed by atoms with Gasteiger partial charge in [0, 0.05) is 19.6 Å². The van der Waals surface area contributed by atoms with E-state index >= 15 is 0 Å². The fraction of sp³-hybridized carbons (Fsp3) is 0.727. The molecule has 1 aromatic rings. The first-order valence-corrected chi connectivity index (χ1v) is 5.42. The van der Waals surface area contributed by atoms with Crippen molar-refractivity contribution in [1.82, 2.24) is 15.1 Å². The second kappa shape index (κ2) is 5.16. The van der Waals surface area contributed by atoms with Gasteiger partial charge < -0.3 is 10.1 Å². The number of hydrogen-bond acceptors (Lipinski definition) is 3. The van der Waals surface area contributed by atoms with Crippen LogP contribution in [0.1, 0.15) is 32.0 Å². The van der Waals surface area contributed by atoms with E-state index in [9.17, 15) is 0 Å². The summed E-state index contributed by atoms with van der Waals surface area (Å²) in [5.41, 5.74) is 2.29. The largest absolute Gasteiger partial charge is 0.481 e. The normalized spacial score (nSPS) is 11.1. The van der Waals surface area contributed by atoms with E-state index in [4.69, 9.17) is 4.74 Å². The van der Waals surface area contributed by atoms with Crippen molar-refractivity contribution < 1.29 is 4.74 Å². The van der Waals surface area contributed by atoms with Crippen molar-refractivity contribution in [2.45, 2.75) is 39.8 Å². The van der Waals surface area contributed by atoms with Crippen LogP contribution in [-0.4, -0.2) is 22.9 Å². The average Bonchev–Trinajstić information content (AvgIpc) is 2.50. The highest BCUT2D eigenvalue weighted by atomic mass is 16.5. The van der Waals surface area contributed by atoms with Gasteiger partial charge in [0.15, 0.2) is 0 Å². The molecule has 1 heterocycles. The molecule has 0 amide bonds. The molecule has 4 nitrogen and oxygen atoms in total. The van der Waals surface area contributed by atoms with Crippen LogP contribution in [0.5, 0.6) is 5.88 Å². The van der Waals surface area contributed by atoms with Crippen LogP contribution in [0, 0.1) is 0 Å². The zero-order valence-electron chi connectivity index (χ0n) is 10.3. The maximum atomic E-state index is 5.35. The molecule has 0 aliphatic carbocycles. The standard InChI is InChI=1S/C11H21N3O/c1-6-10-9(7-12-8(2)3)11(15-5)14(4)13-10/h8,12H,6-7H2,1-5H3. The van der Waals surface area contributed by atoms with Crippen LogP contribution in [0.2, 0.25) is 0 Å². The van der Waals surface area contributed by atoms with Gasteiger partial charge in [0.05, 0.1) is 18.4 Å². The van der Waals surface area contributed by atoms with Gasteiger partial charge in [-0.1, -0.05) is 20.8 Å². The molecule has 0 unspecified atom stereocenters. The van der Waals surface area contributed by atoms with Gasteiger partial charge in [-0.2, -0.15) is 5.10 Å². The fourth-order valence-electron chi connectivity index (χ4n) is 1.63. The van der Waals surface area contributed by atoms with Gasteiger partial charge >= 0.3 is 0 Å². The highest BCUT2D eigenvalue weighted by Gasteiger charge is 2.15. The quantitative estimate of drug-likeness (QED) is 0.802. The van der Waals surface area contributed by atoms with Gasteiger partial charge in [0.1, 0.15) is 0 Å². The summed E-state index contributed by atoms with van der Waals surface area (Å²) < 4.78 is 7.15. The molecule has 1 aromatic heterocycles. The molecule has 0 aliphatic heterocycles. The summed E-state index contributed by atoms with van der Waals surface area (Å²) in [5, 5.41) is 7.82. The van der Waals surface area contributed by atoms with Gasteiger partial charge in [-0.3, -0.25) is 0 Å². The van der Waals surface area contributed by atoms with Crippen molar-refractivity contribution in [2.75, 3.05) is 7.11 Å². The van der Waals surface area contributed by atoms with Crippen molar-refractivity contribution in [1.29, 1.82) is 0 Å². The first-order chi connectivity index (χ1) is 7.10. The first-order valence-electron chi connectivity index (χ1n) is 5.42. The maximum absolute atomic E-state index is 5.35. The van der Waals surface area contributed by atoms with Crippen molar-refractivity contribution in [3.63, 3.8) is 0 Å². The Morgan fingerprint density at radius 3 is 2.60 bits per heavy atom. The molecule has 0 spiro atoms. The van der Waals surface area contributed by atoms with Crippen LogP contribution in [0.4, 0.5) is 0 Å². The van der Waals surface area contributed by atoms with Gasteiger partial charge in [0.25, 0.3) is 0 Å². The van der Waals surface area contributed by atoms with Gasteiger partial charge in [-0.15, -0.1) is 0 Å². The summed E-state index contributed by atoms with van der Waals surface area (Å²) >= 11 is 0. The minimum atomic E-state index is 0.472. The maximum Gasteiger partial charge on any atom is 0.216 e. The third-order valence-electron chi connectivity index (χ3n) is 2.39. The number of methoxy groups -OCH3 is 1. The highest BCUT2D eigenvalue weighted by Crippen LogP contribution is 2.21. The van der Waals surface area contributed by atoms with Crippen LogP contribution in [0.3, 0.4) is 0 Å². The Morgan fingerprint density at radius 2 is 2.13 bits per heavy atom. The van der Waals surface area contributed by atoms with Crippen LogP contribution >= 0.6 is 0 Å². The van der Waals surface area contributed by atoms with E-state index in [2.05, 4.69) is 31.2 Å². The zero-order valence-corrected chi connectivity index (χ0v) is 10.3. The molecule has 1 N–H and O–H groups in total. The molecular formula is C11H21N3O. The van der Waals surface area contributed by atoms with Gasteiger partial charge in [-0.05, 0) is 6.42 Å². The molecule has 86 valence electrons. The van der Waals surface area contributed by atoms with E-state index < -0.39 is 0 Å². The third kappa shape index (κ3) is 2.72. The Hall–Kier alpha value is -1.03. The molecule has 0 aromatic carbocycles. The second-order valence-electron chi connectivity index (χ2n) is 3.95. The Kier molecular flexibility index (Phi) is 4.15. The Bertz CT molecular complexity index is 318. The van der Waals surface area contributed by atoms with Crippen molar-refractivity contribution in [3.05, 3.63) is 11.3 Å². The van der Waals surface area contributed by atoms with Crippen LogP contribution < -0.4 is 10.1 Å². The van der Waals surface area contributed by atoms with E-state index in [0.717, 1.165) is 24.5 Å². The molecule has 0 atom stereocenters. The van der Waals surface area contributed by atoms with Crippen molar-refractivity contribution in [3.8, 4) is 5.88 Å². The van der Waals surface area contributed by atoms with Crippen LogP contribution in [-0.2, 0) is 20.0 Å². The number of hydrogen-bond donors (Lipinski definition) is 1. The van der Waals surface area contributed by atoms with Gasteiger partial charge in [-0.25, -0.2) is 4.68 Å². The van der Waals surface area contributed by atoms with E-state index in [1.54, 1.807) is 11.8 Å². The minimum Gasteiger partial charge on any atom is -0.481 e. The lowest BCUT2D eigenvalue weighted by atomic mass is 10.2. The average molecular weight is 211 g/mol. The van der Waals surface area contributed by atoms with E-state index in [0.29, 0.717) is 6.04 Å². The van der Waals surface area contributed by atoms with E-state index in [-0.39, 0.29) is 0 Å². The van der Waals surface area contributed by atoms with Crippen molar-refractivity contribution in [2.24, 2.45) is 7.05 Å². The summed E-state index contributed by atoms with van der Waals surface area (Å²) in [6.07, 6.45) is 0.937. The van der Waals surface area contributed by atoms with E-state index in [1.807, 2.05) is 7.05 Å². The number of ether oxygens (including phenoxy) is 1. The molecule has 0 saturated heterocycles. The number of aryl methyl sites for hydroxylation is 2. The molecule has 0 radical (unpaired) electrons.